The van der Waals surface area contributed by atoms with E-state index in [1.54, 1.807) is 20.8 Å². The highest BCUT2D eigenvalue weighted by Gasteiger charge is 2.21. The van der Waals surface area contributed by atoms with Crippen molar-refractivity contribution >= 4 is 15.9 Å². The molecule has 7 nitrogen and oxygen atoms in total. The van der Waals surface area contributed by atoms with Crippen LogP contribution in [0.2, 0.25) is 0 Å². The van der Waals surface area contributed by atoms with Gasteiger partial charge in [0.2, 0.25) is 10.0 Å². The second kappa shape index (κ2) is 6.18. The van der Waals surface area contributed by atoms with Crippen LogP contribution in [-0.2, 0) is 10.0 Å². The largest absolute Gasteiger partial charge is 0.409 e. The normalized spacial score (nSPS) is 15.9. The summed E-state index contributed by atoms with van der Waals surface area (Å²) in [6.07, 6.45) is 1.12. The highest BCUT2D eigenvalue weighted by atomic mass is 32.2. The van der Waals surface area contributed by atoms with Crippen molar-refractivity contribution in [3.8, 4) is 0 Å². The van der Waals surface area contributed by atoms with E-state index in [1.807, 2.05) is 0 Å². The molecule has 0 aliphatic heterocycles. The van der Waals surface area contributed by atoms with Crippen LogP contribution in [0.25, 0.3) is 0 Å². The third kappa shape index (κ3) is 7.94. The topological polar surface area (TPSA) is 117 Å². The minimum atomic E-state index is -3.23. The fourth-order valence-corrected chi connectivity index (χ4v) is 2.42. The molecule has 0 spiro atoms. The van der Waals surface area contributed by atoms with Crippen LogP contribution in [0, 0.1) is 5.92 Å². The quantitative estimate of drug-likeness (QED) is 0.210. The summed E-state index contributed by atoms with van der Waals surface area (Å²) >= 11 is 0. The maximum Gasteiger partial charge on any atom is 0.209 e. The van der Waals surface area contributed by atoms with Crippen molar-refractivity contribution in [2.75, 3.05) is 19.3 Å². The van der Waals surface area contributed by atoms with Crippen molar-refractivity contribution in [3.05, 3.63) is 0 Å². The Bertz CT molecular complexity index is 364. The van der Waals surface area contributed by atoms with E-state index in [2.05, 4.69) is 15.2 Å². The first-order valence-electron chi connectivity index (χ1n) is 5.24. The molecule has 0 saturated heterocycles. The fourth-order valence-electron chi connectivity index (χ4n) is 1.34. The van der Waals surface area contributed by atoms with Crippen LogP contribution in [0.4, 0.5) is 0 Å². The molecule has 1 atom stereocenters. The molecule has 17 heavy (non-hydrogen) atoms. The zero-order valence-electron chi connectivity index (χ0n) is 10.7. The highest BCUT2D eigenvalue weighted by Crippen LogP contribution is 2.02. The van der Waals surface area contributed by atoms with Crippen LogP contribution in [0.15, 0.2) is 5.16 Å². The average molecular weight is 266 g/mol. The standard InChI is InChI=1S/C9H22N4O3S/c1-7(8(10)12-14)5-11-6-9(2,3)13-17(4,15)16/h7,11,13-14H,5-6H2,1-4H3,(H2,10,12). The van der Waals surface area contributed by atoms with Crippen LogP contribution in [-0.4, -0.2) is 44.3 Å². The number of nitrogens with zero attached hydrogens (tertiary/aromatic N) is 1. The van der Waals surface area contributed by atoms with Crippen LogP contribution in [0.3, 0.4) is 0 Å². The van der Waals surface area contributed by atoms with E-state index >= 15 is 0 Å². The molecule has 0 aliphatic rings. The zero-order chi connectivity index (χ0) is 13.7. The van der Waals surface area contributed by atoms with Gasteiger partial charge in [-0.15, -0.1) is 0 Å². The Morgan fingerprint density at radius 3 is 2.47 bits per heavy atom. The van der Waals surface area contributed by atoms with Gasteiger partial charge >= 0.3 is 0 Å². The molecule has 1 unspecified atom stereocenters. The van der Waals surface area contributed by atoms with Crippen molar-refractivity contribution in [1.82, 2.24) is 10.0 Å². The molecule has 0 fully saturated rings. The van der Waals surface area contributed by atoms with E-state index in [4.69, 9.17) is 10.9 Å². The molecule has 0 rings (SSSR count). The van der Waals surface area contributed by atoms with Gasteiger partial charge in [0.1, 0.15) is 5.84 Å². The third-order valence-corrected chi connectivity index (χ3v) is 3.02. The van der Waals surface area contributed by atoms with Gasteiger partial charge in [-0.05, 0) is 13.8 Å². The van der Waals surface area contributed by atoms with Crippen molar-refractivity contribution in [2.24, 2.45) is 16.8 Å². The number of nitrogens with two attached hydrogens (primary N) is 1. The van der Waals surface area contributed by atoms with Crippen LogP contribution >= 0.6 is 0 Å². The molecular weight excluding hydrogens is 244 g/mol. The second-order valence-electron chi connectivity index (χ2n) is 4.81. The van der Waals surface area contributed by atoms with E-state index in [9.17, 15) is 8.42 Å². The van der Waals surface area contributed by atoms with Crippen LogP contribution in [0.5, 0.6) is 0 Å². The minimum absolute atomic E-state index is 0.117. The molecule has 0 aromatic heterocycles. The third-order valence-electron chi connectivity index (χ3n) is 2.10. The van der Waals surface area contributed by atoms with Crippen molar-refractivity contribution < 1.29 is 13.6 Å². The summed E-state index contributed by atoms with van der Waals surface area (Å²) < 4.78 is 24.7. The maximum atomic E-state index is 11.1. The smallest absolute Gasteiger partial charge is 0.209 e. The lowest BCUT2D eigenvalue weighted by Gasteiger charge is -2.26. The lowest BCUT2D eigenvalue weighted by atomic mass is 10.1. The molecule has 102 valence electrons. The minimum Gasteiger partial charge on any atom is -0.409 e. The number of rotatable bonds is 7. The average Bonchev–Trinajstić information content (AvgIpc) is 2.12. The Labute approximate surface area is 103 Å². The summed E-state index contributed by atoms with van der Waals surface area (Å²) in [5, 5.41) is 14.4. The summed E-state index contributed by atoms with van der Waals surface area (Å²) in [7, 11) is -3.23. The van der Waals surface area contributed by atoms with Crippen LogP contribution in [0.1, 0.15) is 20.8 Å². The van der Waals surface area contributed by atoms with Gasteiger partial charge in [-0.2, -0.15) is 0 Å². The summed E-state index contributed by atoms with van der Waals surface area (Å²) in [4.78, 5) is 0. The van der Waals surface area contributed by atoms with Gasteiger partial charge in [-0.1, -0.05) is 12.1 Å². The van der Waals surface area contributed by atoms with Gasteiger partial charge in [-0.25, -0.2) is 13.1 Å². The van der Waals surface area contributed by atoms with Crippen LogP contribution < -0.4 is 15.8 Å². The number of hydrogen-bond donors (Lipinski definition) is 4. The molecule has 5 N–H and O–H groups in total. The molecule has 0 saturated carbocycles. The predicted octanol–water partition coefficient (Wildman–Crippen LogP) is -0.714. The number of hydrogen-bond acceptors (Lipinski definition) is 5. The van der Waals surface area contributed by atoms with Crippen molar-refractivity contribution in [3.63, 3.8) is 0 Å². The van der Waals surface area contributed by atoms with Gasteiger partial charge < -0.3 is 16.3 Å². The first-order chi connectivity index (χ1) is 7.57. The van der Waals surface area contributed by atoms with E-state index in [0.29, 0.717) is 13.1 Å². The molecule has 0 heterocycles. The Morgan fingerprint density at radius 2 is 2.06 bits per heavy atom. The van der Waals surface area contributed by atoms with Crippen molar-refractivity contribution in [2.45, 2.75) is 26.3 Å². The van der Waals surface area contributed by atoms with E-state index in [-0.39, 0.29) is 11.8 Å². The highest BCUT2D eigenvalue weighted by molar-refractivity contribution is 7.88. The Kier molecular flexibility index (Phi) is 5.86. The molecule has 0 bridgehead atoms. The SMILES string of the molecule is CC(CNCC(C)(C)NS(C)(=O)=O)C(N)=NO. The number of oxime groups is 1. The molecule has 0 radical (unpaired) electrons. The lowest BCUT2D eigenvalue weighted by molar-refractivity contribution is 0.313. The Hall–Kier alpha value is -0.860. The summed E-state index contributed by atoms with van der Waals surface area (Å²) in [6.45, 7) is 6.30. The van der Waals surface area contributed by atoms with Gasteiger partial charge in [0.25, 0.3) is 0 Å². The summed E-state index contributed by atoms with van der Waals surface area (Å²) in [6, 6.07) is 0. The van der Waals surface area contributed by atoms with Crippen molar-refractivity contribution in [1.29, 1.82) is 0 Å². The first kappa shape index (κ1) is 16.1. The second-order valence-corrected chi connectivity index (χ2v) is 6.56. The van der Waals surface area contributed by atoms with E-state index < -0.39 is 15.6 Å². The maximum absolute atomic E-state index is 11.1. The fraction of sp³-hybridized carbons (Fsp3) is 0.889. The molecule has 0 aliphatic carbocycles. The molecular formula is C9H22N4O3S. The molecule has 0 aromatic rings. The van der Waals surface area contributed by atoms with Gasteiger partial charge in [0, 0.05) is 24.5 Å². The molecule has 0 aromatic carbocycles. The van der Waals surface area contributed by atoms with Gasteiger partial charge in [-0.3, -0.25) is 0 Å². The first-order valence-corrected chi connectivity index (χ1v) is 7.13. The molecule has 0 amide bonds. The Balaban J connectivity index is 4.12. The number of sulfonamides is 1. The number of amidine groups is 1. The number of nitrogens with one attached hydrogen (secondary N) is 2. The zero-order valence-corrected chi connectivity index (χ0v) is 11.5. The summed E-state index contributed by atoms with van der Waals surface area (Å²) in [5.41, 5.74) is 4.83. The van der Waals surface area contributed by atoms with E-state index in [1.165, 1.54) is 0 Å². The lowest BCUT2D eigenvalue weighted by Crippen LogP contribution is -2.50. The van der Waals surface area contributed by atoms with Gasteiger partial charge in [0.15, 0.2) is 0 Å². The van der Waals surface area contributed by atoms with Gasteiger partial charge in [0.05, 0.1) is 6.26 Å². The van der Waals surface area contributed by atoms with E-state index in [0.717, 1.165) is 6.26 Å². The molecule has 8 heteroatoms. The monoisotopic (exact) mass is 266 g/mol. The predicted molar refractivity (Wildman–Crippen MR) is 67.5 cm³/mol. The summed E-state index contributed by atoms with van der Waals surface area (Å²) in [5.74, 6) is 0.0282. The Morgan fingerprint density at radius 1 is 1.53 bits per heavy atom.